The molecule has 2 heterocycles. The Bertz CT molecular complexity index is 731. The number of hydrogen-bond donors (Lipinski definition) is 0. The molecule has 140 valence electrons. The van der Waals surface area contributed by atoms with Crippen LogP contribution in [-0.4, -0.2) is 53.6 Å². The number of benzene rings is 1. The van der Waals surface area contributed by atoms with Crippen molar-refractivity contribution in [2.75, 3.05) is 32.8 Å². The topological polar surface area (TPSA) is 71.2 Å². The van der Waals surface area contributed by atoms with Gasteiger partial charge < -0.3 is 14.5 Å². The van der Waals surface area contributed by atoms with E-state index in [2.05, 4.69) is 44.1 Å². The molecule has 0 bridgehead atoms. The first-order chi connectivity index (χ1) is 12.4. The van der Waals surface area contributed by atoms with E-state index in [1.807, 2.05) is 22.1 Å². The van der Waals surface area contributed by atoms with Gasteiger partial charge in [0.25, 0.3) is 5.96 Å². The quantitative estimate of drug-likeness (QED) is 0.598. The van der Waals surface area contributed by atoms with Crippen molar-refractivity contribution >= 4 is 12.0 Å². The Kier molecular flexibility index (Phi) is 5.56. The predicted octanol–water partition coefficient (Wildman–Crippen LogP) is 2.72. The molecule has 2 fully saturated rings. The van der Waals surface area contributed by atoms with E-state index in [0.29, 0.717) is 30.9 Å². The molecule has 7 nitrogen and oxygen atoms in total. The molecule has 0 radical (unpaired) electrons. The summed E-state index contributed by atoms with van der Waals surface area (Å²) in [4.78, 5) is 14.9. The van der Waals surface area contributed by atoms with Gasteiger partial charge in [0, 0.05) is 38.4 Å². The average Bonchev–Trinajstić information content (AvgIpc) is 3.14. The highest BCUT2D eigenvalue weighted by atomic mass is 16.7. The van der Waals surface area contributed by atoms with Crippen molar-refractivity contribution in [1.82, 2.24) is 9.80 Å². The van der Waals surface area contributed by atoms with Gasteiger partial charge in [0.15, 0.2) is 5.03 Å². The molecule has 2 aliphatic rings. The van der Waals surface area contributed by atoms with Crippen molar-refractivity contribution < 1.29 is 9.77 Å². The van der Waals surface area contributed by atoms with Crippen LogP contribution in [0, 0.1) is 35.8 Å². The van der Waals surface area contributed by atoms with Crippen LogP contribution in [0.3, 0.4) is 0 Å². The molecule has 0 spiro atoms. The predicted molar refractivity (Wildman–Crippen MR) is 101 cm³/mol. The summed E-state index contributed by atoms with van der Waals surface area (Å²) in [6.45, 7) is 9.92. The highest BCUT2D eigenvalue weighted by Gasteiger charge is 2.33. The molecule has 26 heavy (non-hydrogen) atoms. The number of hydrazone groups is 1. The lowest BCUT2D eigenvalue weighted by atomic mass is 9.98. The molecular weight excluding hydrogens is 332 g/mol. The van der Waals surface area contributed by atoms with Crippen LogP contribution >= 0.6 is 0 Å². The Morgan fingerprint density at radius 2 is 2.15 bits per heavy atom. The van der Waals surface area contributed by atoms with Gasteiger partial charge in [-0.15, -0.1) is 0 Å². The number of ether oxygens (including phenoxy) is 1. The van der Waals surface area contributed by atoms with E-state index in [9.17, 15) is 10.1 Å². The van der Waals surface area contributed by atoms with Crippen molar-refractivity contribution in [3.63, 3.8) is 0 Å². The minimum Gasteiger partial charge on any atom is -0.381 e. The first-order valence-electron chi connectivity index (χ1n) is 9.02. The van der Waals surface area contributed by atoms with Crippen molar-refractivity contribution in [3.05, 3.63) is 51.2 Å². The maximum atomic E-state index is 11.0. The van der Waals surface area contributed by atoms with Crippen molar-refractivity contribution in [1.29, 1.82) is 0 Å². The fourth-order valence-corrected chi connectivity index (χ4v) is 3.52. The second-order valence-corrected chi connectivity index (χ2v) is 7.23. The van der Waals surface area contributed by atoms with Gasteiger partial charge in [-0.05, 0) is 37.0 Å². The van der Waals surface area contributed by atoms with Gasteiger partial charge in [-0.1, -0.05) is 30.7 Å². The number of guanidine groups is 1. The summed E-state index contributed by atoms with van der Waals surface area (Å²) in [7, 11) is 0. The summed E-state index contributed by atoms with van der Waals surface area (Å²) < 4.78 is 5.52. The molecule has 1 aromatic carbocycles. The molecule has 3 rings (SSSR count). The zero-order chi connectivity index (χ0) is 18.7. The third kappa shape index (κ3) is 4.22. The molecular formula is C19H26N4O3. The van der Waals surface area contributed by atoms with Gasteiger partial charge in [0.2, 0.25) is 0 Å². The van der Waals surface area contributed by atoms with Crippen LogP contribution < -0.4 is 0 Å². The number of aryl methyl sites for hydroxylation is 2. The lowest BCUT2D eigenvalue weighted by Crippen LogP contribution is -2.37. The van der Waals surface area contributed by atoms with Crippen molar-refractivity contribution in [3.8, 4) is 0 Å². The van der Waals surface area contributed by atoms with Crippen LogP contribution in [-0.2, 0) is 4.74 Å². The molecule has 0 N–H and O–H groups in total. The van der Waals surface area contributed by atoms with Gasteiger partial charge in [-0.3, -0.25) is 0 Å². The van der Waals surface area contributed by atoms with Gasteiger partial charge in [0.1, 0.15) is 5.10 Å². The van der Waals surface area contributed by atoms with Crippen molar-refractivity contribution in [2.24, 2.45) is 16.9 Å². The highest BCUT2D eigenvalue weighted by Crippen LogP contribution is 2.23. The Morgan fingerprint density at radius 3 is 2.81 bits per heavy atom. The number of nitrogens with zero attached hydrogens (tertiary/aromatic N) is 4. The Morgan fingerprint density at radius 1 is 1.35 bits per heavy atom. The SMILES string of the molecule is Cc1ccc(C=CN2CCN(CC3COCC3C)C2=N[N+](=O)[O-])c(C)c1. The Labute approximate surface area is 154 Å². The normalized spacial score (nSPS) is 25.0. The van der Waals surface area contributed by atoms with E-state index in [4.69, 9.17) is 4.74 Å². The van der Waals surface area contributed by atoms with E-state index in [1.54, 1.807) is 0 Å². The number of nitro groups is 1. The second-order valence-electron chi connectivity index (χ2n) is 7.23. The van der Waals surface area contributed by atoms with Crippen molar-refractivity contribution in [2.45, 2.75) is 20.8 Å². The molecule has 0 amide bonds. The fourth-order valence-electron chi connectivity index (χ4n) is 3.52. The summed E-state index contributed by atoms with van der Waals surface area (Å²) in [5.41, 5.74) is 3.50. The molecule has 2 aliphatic heterocycles. The molecule has 2 saturated heterocycles. The lowest BCUT2D eigenvalue weighted by Gasteiger charge is -2.23. The highest BCUT2D eigenvalue weighted by molar-refractivity contribution is 5.83. The van der Waals surface area contributed by atoms with Crippen LogP contribution in [0.5, 0.6) is 0 Å². The smallest absolute Gasteiger partial charge is 0.278 e. The summed E-state index contributed by atoms with van der Waals surface area (Å²) in [5.74, 6) is 1.26. The Hall–Kier alpha value is -2.41. The number of rotatable bonds is 5. The van der Waals surface area contributed by atoms with E-state index < -0.39 is 5.03 Å². The van der Waals surface area contributed by atoms with Crippen LogP contribution in [0.1, 0.15) is 23.6 Å². The van der Waals surface area contributed by atoms with E-state index >= 15 is 0 Å². The first kappa shape index (κ1) is 18.4. The summed E-state index contributed by atoms with van der Waals surface area (Å²) in [5, 5.41) is 14.1. The van der Waals surface area contributed by atoms with Crippen LogP contribution in [0.4, 0.5) is 0 Å². The molecule has 0 aromatic heterocycles. The van der Waals surface area contributed by atoms with Crippen LogP contribution in [0.25, 0.3) is 6.08 Å². The molecule has 2 atom stereocenters. The zero-order valence-corrected chi connectivity index (χ0v) is 15.6. The van der Waals surface area contributed by atoms with Crippen LogP contribution in [0.2, 0.25) is 0 Å². The van der Waals surface area contributed by atoms with Crippen LogP contribution in [0.15, 0.2) is 29.5 Å². The standard InChI is InChI=1S/C19H26N4O3/c1-14-4-5-17(15(2)10-14)6-7-21-8-9-22(19(21)20-23(24)25)11-18-13-26-12-16(18)3/h4-7,10,16,18H,8-9,11-13H2,1-3H3. The Balaban J connectivity index is 1.76. The first-order valence-corrected chi connectivity index (χ1v) is 9.02. The van der Waals surface area contributed by atoms with E-state index in [1.165, 1.54) is 11.1 Å². The largest absolute Gasteiger partial charge is 0.381 e. The molecule has 0 saturated carbocycles. The number of hydrogen-bond acceptors (Lipinski definition) is 3. The van der Waals surface area contributed by atoms with Gasteiger partial charge >= 0.3 is 0 Å². The van der Waals surface area contributed by atoms with Gasteiger partial charge in [-0.2, -0.15) is 0 Å². The zero-order valence-electron chi connectivity index (χ0n) is 15.6. The lowest BCUT2D eigenvalue weighted by molar-refractivity contribution is -0.486. The maximum Gasteiger partial charge on any atom is 0.278 e. The molecule has 2 unspecified atom stereocenters. The van der Waals surface area contributed by atoms with Gasteiger partial charge in [-0.25, -0.2) is 10.1 Å². The summed E-state index contributed by atoms with van der Waals surface area (Å²) in [6, 6.07) is 6.26. The van der Waals surface area contributed by atoms with E-state index in [-0.39, 0.29) is 0 Å². The molecule has 0 aliphatic carbocycles. The van der Waals surface area contributed by atoms with E-state index in [0.717, 1.165) is 25.3 Å². The minimum absolute atomic E-state index is 0.384. The molecule has 7 heteroatoms. The minimum atomic E-state index is -0.611. The summed E-state index contributed by atoms with van der Waals surface area (Å²) >= 11 is 0. The average molecular weight is 358 g/mol. The third-order valence-corrected chi connectivity index (χ3v) is 5.15. The van der Waals surface area contributed by atoms with Gasteiger partial charge in [0.05, 0.1) is 6.61 Å². The third-order valence-electron chi connectivity index (χ3n) is 5.15. The second kappa shape index (κ2) is 7.86. The monoisotopic (exact) mass is 358 g/mol. The molecule has 1 aromatic rings. The summed E-state index contributed by atoms with van der Waals surface area (Å²) in [6.07, 6.45) is 3.89. The fraction of sp³-hybridized carbons (Fsp3) is 0.526. The maximum absolute atomic E-state index is 11.0.